The van der Waals surface area contributed by atoms with Crippen molar-refractivity contribution in [2.75, 3.05) is 0 Å². The maximum Gasteiger partial charge on any atom is 0.336 e. The molecule has 1 aliphatic carbocycles. The number of pyridine rings is 1. The molecular weight excluding hydrogens is 302 g/mol. The lowest BCUT2D eigenvalue weighted by molar-refractivity contribution is 0.0698. The van der Waals surface area contributed by atoms with E-state index >= 15 is 0 Å². The van der Waals surface area contributed by atoms with Crippen LogP contribution >= 0.6 is 0 Å². The summed E-state index contributed by atoms with van der Waals surface area (Å²) in [6.07, 6.45) is 2.85. The van der Waals surface area contributed by atoms with Crippen LogP contribution in [0, 0.1) is 0 Å². The van der Waals surface area contributed by atoms with E-state index in [1.165, 1.54) is 0 Å². The van der Waals surface area contributed by atoms with E-state index in [9.17, 15) is 9.90 Å². The van der Waals surface area contributed by atoms with Crippen LogP contribution in [0.4, 0.5) is 0 Å². The number of fused-ring (bicyclic) bond motifs is 1. The Labute approximate surface area is 140 Å². The fourth-order valence-corrected chi connectivity index (χ4v) is 3.11. The van der Waals surface area contributed by atoms with Crippen LogP contribution in [-0.4, -0.2) is 25.8 Å². The van der Waals surface area contributed by atoms with Gasteiger partial charge in [-0.1, -0.05) is 37.3 Å². The third kappa shape index (κ3) is 2.56. The Balaban J connectivity index is 1.93. The third-order valence-electron chi connectivity index (χ3n) is 4.51. The summed E-state index contributed by atoms with van der Waals surface area (Å²) < 4.78 is 1.86. The Morgan fingerprint density at radius 2 is 2.04 bits per heavy atom. The molecule has 0 unspecified atom stereocenters. The molecule has 5 nitrogen and oxygen atoms in total. The van der Waals surface area contributed by atoms with Crippen molar-refractivity contribution in [2.45, 2.75) is 38.6 Å². The number of hydrogen-bond acceptors (Lipinski definition) is 3. The minimum Gasteiger partial charge on any atom is -0.478 e. The Morgan fingerprint density at radius 1 is 1.29 bits per heavy atom. The quantitative estimate of drug-likeness (QED) is 0.779. The van der Waals surface area contributed by atoms with Gasteiger partial charge < -0.3 is 5.11 Å². The number of aromatic nitrogens is 3. The Morgan fingerprint density at radius 3 is 2.67 bits per heavy atom. The predicted molar refractivity (Wildman–Crippen MR) is 91.4 cm³/mol. The van der Waals surface area contributed by atoms with Gasteiger partial charge >= 0.3 is 5.97 Å². The highest BCUT2D eigenvalue weighted by molar-refractivity contribution is 6.03. The average Bonchev–Trinajstić information content (AvgIpc) is 3.38. The maximum absolute atomic E-state index is 11.8. The van der Waals surface area contributed by atoms with Gasteiger partial charge in [-0.05, 0) is 30.9 Å². The number of carbonyl (C=O) groups is 1. The summed E-state index contributed by atoms with van der Waals surface area (Å²) in [6.45, 7) is 2.59. The molecule has 0 spiro atoms. The van der Waals surface area contributed by atoms with Gasteiger partial charge in [0.1, 0.15) is 0 Å². The molecule has 0 bridgehead atoms. The van der Waals surface area contributed by atoms with E-state index in [-0.39, 0.29) is 0 Å². The molecule has 0 aliphatic heterocycles. The lowest BCUT2D eigenvalue weighted by Crippen LogP contribution is -2.05. The minimum absolute atomic E-state index is 0.332. The van der Waals surface area contributed by atoms with Gasteiger partial charge in [-0.25, -0.2) is 14.5 Å². The van der Waals surface area contributed by atoms with E-state index in [1.54, 1.807) is 6.07 Å². The summed E-state index contributed by atoms with van der Waals surface area (Å²) >= 11 is 0. The fourth-order valence-electron chi connectivity index (χ4n) is 3.11. The molecule has 24 heavy (non-hydrogen) atoms. The summed E-state index contributed by atoms with van der Waals surface area (Å²) in [6, 6.07) is 11.8. The number of carboxylic acids is 1. The molecule has 0 radical (unpaired) electrons. The molecule has 0 saturated heterocycles. The van der Waals surface area contributed by atoms with Crippen LogP contribution in [0.25, 0.3) is 11.0 Å². The normalized spacial score (nSPS) is 14.2. The summed E-state index contributed by atoms with van der Waals surface area (Å²) in [5.41, 5.74) is 3.84. The highest BCUT2D eigenvalue weighted by Gasteiger charge is 2.32. The highest BCUT2D eigenvalue weighted by atomic mass is 16.4. The molecule has 2 aromatic heterocycles. The zero-order valence-corrected chi connectivity index (χ0v) is 13.6. The standard InChI is InChI=1S/C19H19N3O2/c1-2-14-10-15(19(23)24)16-17(13-8-9-13)21-22(18(16)20-14)11-12-6-4-3-5-7-12/h3-7,10,13H,2,8-9,11H2,1H3,(H,23,24). The van der Waals surface area contributed by atoms with Crippen molar-refractivity contribution < 1.29 is 9.90 Å². The molecule has 122 valence electrons. The first-order valence-corrected chi connectivity index (χ1v) is 8.35. The largest absolute Gasteiger partial charge is 0.478 e. The molecule has 1 aliphatic rings. The van der Waals surface area contributed by atoms with E-state index in [4.69, 9.17) is 10.1 Å². The highest BCUT2D eigenvalue weighted by Crippen LogP contribution is 2.43. The van der Waals surface area contributed by atoms with Gasteiger partial charge in [-0.2, -0.15) is 5.10 Å². The summed E-state index contributed by atoms with van der Waals surface area (Å²) in [5.74, 6) is -0.532. The van der Waals surface area contributed by atoms with E-state index < -0.39 is 5.97 Å². The topological polar surface area (TPSA) is 68.0 Å². The zero-order valence-electron chi connectivity index (χ0n) is 13.6. The number of aryl methyl sites for hydroxylation is 1. The molecule has 1 saturated carbocycles. The maximum atomic E-state index is 11.8. The third-order valence-corrected chi connectivity index (χ3v) is 4.51. The summed E-state index contributed by atoms with van der Waals surface area (Å²) in [7, 11) is 0. The molecule has 3 aromatic rings. The Kier molecular flexibility index (Phi) is 3.56. The first kappa shape index (κ1) is 14.9. The monoisotopic (exact) mass is 321 g/mol. The Bertz CT molecular complexity index is 911. The van der Waals surface area contributed by atoms with Crippen LogP contribution in [0.15, 0.2) is 36.4 Å². The van der Waals surface area contributed by atoms with Crippen molar-refractivity contribution >= 4 is 17.0 Å². The van der Waals surface area contributed by atoms with Gasteiger partial charge in [-0.15, -0.1) is 0 Å². The van der Waals surface area contributed by atoms with E-state index in [0.29, 0.717) is 30.1 Å². The van der Waals surface area contributed by atoms with E-state index in [2.05, 4.69) is 0 Å². The first-order valence-electron chi connectivity index (χ1n) is 8.35. The van der Waals surface area contributed by atoms with Crippen molar-refractivity contribution in [1.29, 1.82) is 0 Å². The minimum atomic E-state index is -0.904. The molecule has 0 atom stereocenters. The van der Waals surface area contributed by atoms with E-state index in [1.807, 2.05) is 41.9 Å². The lowest BCUT2D eigenvalue weighted by Gasteiger charge is -2.06. The number of hydrogen-bond donors (Lipinski definition) is 1. The van der Waals surface area contributed by atoms with Crippen molar-refractivity contribution in [3.05, 3.63) is 58.9 Å². The van der Waals surface area contributed by atoms with Gasteiger partial charge in [0.2, 0.25) is 0 Å². The molecular formula is C19H19N3O2. The van der Waals surface area contributed by atoms with Gasteiger partial charge in [0.05, 0.1) is 23.2 Å². The molecule has 1 aromatic carbocycles. The molecule has 4 rings (SSSR count). The van der Waals surface area contributed by atoms with Crippen LogP contribution in [-0.2, 0) is 13.0 Å². The molecule has 1 N–H and O–H groups in total. The van der Waals surface area contributed by atoms with Crippen LogP contribution in [0.3, 0.4) is 0 Å². The number of aromatic carboxylic acids is 1. The number of nitrogens with zero attached hydrogens (tertiary/aromatic N) is 3. The average molecular weight is 321 g/mol. The number of carboxylic acid groups (broad SMARTS) is 1. The second-order valence-electron chi connectivity index (χ2n) is 6.32. The summed E-state index contributed by atoms with van der Waals surface area (Å²) in [5, 5.41) is 15.1. The SMILES string of the molecule is CCc1cc(C(=O)O)c2c(C3CC3)nn(Cc3ccccc3)c2n1. The lowest BCUT2D eigenvalue weighted by atomic mass is 10.1. The molecule has 0 amide bonds. The fraction of sp³-hybridized carbons (Fsp3) is 0.316. The zero-order chi connectivity index (χ0) is 16.7. The first-order chi connectivity index (χ1) is 11.7. The second kappa shape index (κ2) is 5.74. The van der Waals surface area contributed by atoms with Crippen LogP contribution in [0.2, 0.25) is 0 Å². The molecule has 2 heterocycles. The van der Waals surface area contributed by atoms with Gasteiger partial charge in [-0.3, -0.25) is 0 Å². The smallest absolute Gasteiger partial charge is 0.336 e. The summed E-state index contributed by atoms with van der Waals surface area (Å²) in [4.78, 5) is 16.5. The second-order valence-corrected chi connectivity index (χ2v) is 6.32. The van der Waals surface area contributed by atoms with Gasteiger partial charge in [0.25, 0.3) is 0 Å². The van der Waals surface area contributed by atoms with Crippen LogP contribution in [0.1, 0.15) is 53.0 Å². The predicted octanol–water partition coefficient (Wildman–Crippen LogP) is 3.62. The number of benzene rings is 1. The number of rotatable bonds is 5. The van der Waals surface area contributed by atoms with E-state index in [0.717, 1.165) is 35.2 Å². The van der Waals surface area contributed by atoms with Crippen LogP contribution < -0.4 is 0 Å². The molecule has 5 heteroatoms. The Hall–Kier alpha value is -2.69. The van der Waals surface area contributed by atoms with Crippen molar-refractivity contribution in [2.24, 2.45) is 0 Å². The van der Waals surface area contributed by atoms with Crippen molar-refractivity contribution in [1.82, 2.24) is 14.8 Å². The van der Waals surface area contributed by atoms with Crippen molar-refractivity contribution in [3.63, 3.8) is 0 Å². The van der Waals surface area contributed by atoms with Gasteiger partial charge in [0.15, 0.2) is 5.65 Å². The van der Waals surface area contributed by atoms with Crippen LogP contribution in [0.5, 0.6) is 0 Å². The van der Waals surface area contributed by atoms with Crippen molar-refractivity contribution in [3.8, 4) is 0 Å². The van der Waals surface area contributed by atoms with Gasteiger partial charge in [0, 0.05) is 11.6 Å². The molecule has 1 fully saturated rings.